The van der Waals surface area contributed by atoms with Gasteiger partial charge in [0.05, 0.1) is 5.69 Å². The fraction of sp³-hybridized carbons (Fsp3) is 0.118. The van der Waals surface area contributed by atoms with Crippen LogP contribution in [0.5, 0.6) is 0 Å². The highest BCUT2D eigenvalue weighted by Gasteiger charge is 2.28. The topological polar surface area (TPSA) is 131 Å². The zero-order valence-electron chi connectivity index (χ0n) is 13.5. The normalized spacial score (nSPS) is 11.7. The second-order valence-electron chi connectivity index (χ2n) is 5.47. The van der Waals surface area contributed by atoms with Crippen LogP contribution in [0.1, 0.15) is 16.1 Å². The van der Waals surface area contributed by atoms with Gasteiger partial charge >= 0.3 is 0 Å². The lowest BCUT2D eigenvalue weighted by atomic mass is 10.0. The molecule has 4 N–H and O–H groups in total. The Morgan fingerprint density at radius 2 is 2.12 bits per heavy atom. The summed E-state index contributed by atoms with van der Waals surface area (Å²) in [6.07, 6.45) is 5.11. The molecule has 3 rings (SSSR count). The third-order valence-electron chi connectivity index (χ3n) is 3.69. The quantitative estimate of drug-likeness (QED) is 0.533. The highest BCUT2D eigenvalue weighted by Crippen LogP contribution is 2.23. The van der Waals surface area contributed by atoms with Gasteiger partial charge < -0.3 is 16.0 Å². The van der Waals surface area contributed by atoms with Crippen LogP contribution in [0.3, 0.4) is 0 Å². The van der Waals surface area contributed by atoms with Crippen LogP contribution < -0.4 is 11.1 Å². The van der Waals surface area contributed by atoms with Crippen molar-refractivity contribution in [3.05, 3.63) is 59.5 Å². The predicted molar refractivity (Wildman–Crippen MR) is 95.3 cm³/mol. The zero-order valence-corrected chi connectivity index (χ0v) is 14.3. The lowest BCUT2D eigenvalue weighted by molar-refractivity contribution is -0.137. The Kier molecular flexibility index (Phi) is 5.18. The molecular formula is C17H15N5O3S. The molecule has 3 heterocycles. The van der Waals surface area contributed by atoms with Crippen LogP contribution in [-0.4, -0.2) is 38.0 Å². The van der Waals surface area contributed by atoms with Crippen LogP contribution in [0.15, 0.2) is 48.2 Å². The van der Waals surface area contributed by atoms with Crippen molar-refractivity contribution in [2.45, 2.75) is 12.5 Å². The van der Waals surface area contributed by atoms with Gasteiger partial charge in [0.2, 0.25) is 5.78 Å². The van der Waals surface area contributed by atoms with Crippen molar-refractivity contribution >= 4 is 29.1 Å². The summed E-state index contributed by atoms with van der Waals surface area (Å²) in [6.45, 7) is 0. The molecule has 0 radical (unpaired) electrons. The van der Waals surface area contributed by atoms with E-state index in [0.29, 0.717) is 11.3 Å². The molecule has 3 aromatic heterocycles. The summed E-state index contributed by atoms with van der Waals surface area (Å²) in [6, 6.07) is 5.99. The van der Waals surface area contributed by atoms with Gasteiger partial charge in [-0.2, -0.15) is 4.37 Å². The van der Waals surface area contributed by atoms with Crippen LogP contribution in [0.25, 0.3) is 11.3 Å². The molecule has 0 aromatic carbocycles. The minimum absolute atomic E-state index is 0.139. The van der Waals surface area contributed by atoms with Gasteiger partial charge in [-0.1, -0.05) is 6.07 Å². The highest BCUT2D eigenvalue weighted by atomic mass is 32.1. The first-order valence-electron chi connectivity index (χ1n) is 7.68. The molecule has 8 nitrogen and oxygen atoms in total. The average Bonchev–Trinajstić information content (AvgIpc) is 3.32. The Balaban J connectivity index is 1.83. The number of nitrogens with one attached hydrogen (secondary N) is 2. The van der Waals surface area contributed by atoms with Crippen LogP contribution in [-0.2, 0) is 16.0 Å². The standard InChI is InChI=1S/C17H15N5O3S/c18-16(24)15(23)13(7-10-4-6-19-8-10)21-17(25)14-11(9-26-22-14)12-3-1-2-5-20-12/h1-6,8-9,13,19H,7H2,(H2,18,24)(H,21,25). The number of hydrogen-bond donors (Lipinski definition) is 3. The molecule has 3 aromatic rings. The summed E-state index contributed by atoms with van der Waals surface area (Å²) in [7, 11) is 0. The molecule has 0 fully saturated rings. The lowest BCUT2D eigenvalue weighted by Crippen LogP contribution is -2.47. The number of nitrogens with two attached hydrogens (primary N) is 1. The van der Waals surface area contributed by atoms with Gasteiger partial charge in [-0.15, -0.1) is 0 Å². The number of amides is 2. The maximum absolute atomic E-state index is 12.7. The van der Waals surface area contributed by atoms with Crippen LogP contribution in [0, 0.1) is 0 Å². The number of primary amides is 1. The van der Waals surface area contributed by atoms with E-state index < -0.39 is 23.6 Å². The molecule has 0 aliphatic rings. The minimum Gasteiger partial charge on any atom is -0.367 e. The number of aromatic nitrogens is 3. The summed E-state index contributed by atoms with van der Waals surface area (Å²) in [5, 5.41) is 4.26. The number of rotatable bonds is 7. The first-order valence-corrected chi connectivity index (χ1v) is 8.52. The van der Waals surface area contributed by atoms with Crippen LogP contribution in [0.2, 0.25) is 0 Å². The van der Waals surface area contributed by atoms with Crippen molar-refractivity contribution in [2.24, 2.45) is 5.73 Å². The summed E-state index contributed by atoms with van der Waals surface area (Å²) in [4.78, 5) is 43.1. The molecule has 26 heavy (non-hydrogen) atoms. The van der Waals surface area contributed by atoms with Gasteiger partial charge in [-0.3, -0.25) is 19.4 Å². The minimum atomic E-state index is -1.10. The van der Waals surface area contributed by atoms with E-state index >= 15 is 0 Å². The first kappa shape index (κ1) is 17.5. The number of H-pyrrole nitrogens is 1. The molecule has 0 spiro atoms. The van der Waals surface area contributed by atoms with Crippen molar-refractivity contribution in [2.75, 3.05) is 0 Å². The zero-order chi connectivity index (χ0) is 18.5. The smallest absolute Gasteiger partial charge is 0.287 e. The predicted octanol–water partition coefficient (Wildman–Crippen LogP) is 0.929. The Morgan fingerprint density at radius 1 is 1.27 bits per heavy atom. The van der Waals surface area contributed by atoms with Crippen molar-refractivity contribution in [3.8, 4) is 11.3 Å². The van der Waals surface area contributed by atoms with Gasteiger partial charge in [0.15, 0.2) is 5.69 Å². The number of hydrogen-bond acceptors (Lipinski definition) is 6. The molecule has 0 bridgehead atoms. The maximum Gasteiger partial charge on any atom is 0.287 e. The van der Waals surface area contributed by atoms with Gasteiger partial charge in [0.1, 0.15) is 6.04 Å². The number of Topliss-reactive ketones (excluding diaryl/α,β-unsaturated/α-hetero) is 1. The van der Waals surface area contributed by atoms with E-state index in [4.69, 9.17) is 5.73 Å². The third kappa shape index (κ3) is 3.83. The van der Waals surface area contributed by atoms with Gasteiger partial charge in [-0.25, -0.2) is 0 Å². The lowest BCUT2D eigenvalue weighted by Gasteiger charge is -2.15. The van der Waals surface area contributed by atoms with Gasteiger partial charge in [-0.05, 0) is 35.3 Å². The van der Waals surface area contributed by atoms with E-state index in [0.717, 1.165) is 17.1 Å². The highest BCUT2D eigenvalue weighted by molar-refractivity contribution is 7.04. The van der Waals surface area contributed by atoms with Crippen molar-refractivity contribution in [1.82, 2.24) is 19.7 Å². The molecule has 0 saturated heterocycles. The Bertz CT molecular complexity index is 921. The fourth-order valence-electron chi connectivity index (χ4n) is 2.43. The number of pyridine rings is 1. The third-order valence-corrected chi connectivity index (χ3v) is 4.32. The van der Waals surface area contributed by atoms with E-state index in [2.05, 4.69) is 19.7 Å². The Labute approximate surface area is 152 Å². The molecule has 1 unspecified atom stereocenters. The van der Waals surface area contributed by atoms with Crippen LogP contribution >= 0.6 is 11.5 Å². The molecule has 9 heteroatoms. The van der Waals surface area contributed by atoms with E-state index in [1.807, 2.05) is 0 Å². The summed E-state index contributed by atoms with van der Waals surface area (Å²) >= 11 is 1.10. The van der Waals surface area contributed by atoms with Crippen molar-refractivity contribution in [1.29, 1.82) is 0 Å². The van der Waals surface area contributed by atoms with Crippen LogP contribution in [0.4, 0.5) is 0 Å². The summed E-state index contributed by atoms with van der Waals surface area (Å²) in [5.41, 5.74) is 7.16. The molecule has 132 valence electrons. The molecule has 0 saturated carbocycles. The van der Waals surface area contributed by atoms with E-state index in [-0.39, 0.29) is 12.1 Å². The number of aromatic amines is 1. The van der Waals surface area contributed by atoms with E-state index in [9.17, 15) is 14.4 Å². The largest absolute Gasteiger partial charge is 0.367 e. The monoisotopic (exact) mass is 369 g/mol. The first-order chi connectivity index (χ1) is 12.6. The van der Waals surface area contributed by atoms with Crippen molar-refractivity contribution < 1.29 is 14.4 Å². The number of carbonyl (C=O) groups excluding carboxylic acids is 3. The Hall–Kier alpha value is -3.33. The second kappa shape index (κ2) is 7.70. The van der Waals surface area contributed by atoms with Gasteiger partial charge in [0, 0.05) is 36.0 Å². The van der Waals surface area contributed by atoms with E-state index in [1.54, 1.807) is 48.2 Å². The molecule has 0 aliphatic carbocycles. The van der Waals surface area contributed by atoms with Gasteiger partial charge in [0.25, 0.3) is 11.8 Å². The molecule has 0 aliphatic heterocycles. The number of nitrogens with zero attached hydrogens (tertiary/aromatic N) is 2. The average molecular weight is 369 g/mol. The molecule has 2 amide bonds. The Morgan fingerprint density at radius 3 is 2.77 bits per heavy atom. The summed E-state index contributed by atoms with van der Waals surface area (Å²) < 4.78 is 4.10. The molecule has 1 atom stereocenters. The maximum atomic E-state index is 12.7. The second-order valence-corrected chi connectivity index (χ2v) is 6.10. The van der Waals surface area contributed by atoms with Crippen molar-refractivity contribution in [3.63, 3.8) is 0 Å². The van der Waals surface area contributed by atoms with E-state index in [1.165, 1.54) is 0 Å². The SMILES string of the molecule is NC(=O)C(=O)C(Cc1cc[nH]c1)NC(=O)c1nscc1-c1ccccn1. The summed E-state index contributed by atoms with van der Waals surface area (Å²) in [5.74, 6) is -2.54. The fourth-order valence-corrected chi connectivity index (χ4v) is 3.11. The number of ketones is 1. The molecular weight excluding hydrogens is 354 g/mol. The number of carbonyl (C=O) groups is 3.